The number of likely N-dealkylation sites (tertiary alicyclic amines) is 1. The third-order valence-corrected chi connectivity index (χ3v) is 4.45. The first-order valence-electron chi connectivity index (χ1n) is 8.17. The maximum Gasteiger partial charge on any atom is 0.433 e. The Hall–Kier alpha value is -2.71. The highest BCUT2D eigenvalue weighted by Crippen LogP contribution is 2.27. The number of carbonyl (C=O) groups excluding carboxylic acids is 1. The van der Waals surface area contributed by atoms with Crippen molar-refractivity contribution in [3.8, 4) is 0 Å². The van der Waals surface area contributed by atoms with Crippen LogP contribution in [-0.4, -0.2) is 38.4 Å². The van der Waals surface area contributed by atoms with Gasteiger partial charge >= 0.3 is 6.18 Å². The topological polar surface area (TPSA) is 68.1 Å². The molecule has 3 rings (SSSR count). The summed E-state index contributed by atoms with van der Waals surface area (Å²) in [6, 6.07) is 3.37. The lowest BCUT2D eigenvalue weighted by Gasteiger charge is -2.32. The lowest BCUT2D eigenvalue weighted by molar-refractivity contribution is -0.141. The minimum atomic E-state index is -4.52. The number of rotatable bonds is 3. The van der Waals surface area contributed by atoms with Crippen LogP contribution in [0.2, 0.25) is 0 Å². The van der Waals surface area contributed by atoms with E-state index >= 15 is 0 Å². The number of nitrogens with zero attached hydrogens (tertiary/aromatic N) is 4. The summed E-state index contributed by atoms with van der Waals surface area (Å²) < 4.78 is 39.2. The Morgan fingerprint density at radius 1 is 1.19 bits per heavy atom. The smallest absolute Gasteiger partial charge is 0.339 e. The predicted octanol–water partition coefficient (Wildman–Crippen LogP) is 2.21. The largest absolute Gasteiger partial charge is 0.433 e. The molecular formula is C17H17F3N4O2. The lowest BCUT2D eigenvalue weighted by atomic mass is 9.96. The number of halogens is 3. The second kappa shape index (κ2) is 7.27. The molecule has 0 aromatic carbocycles. The summed E-state index contributed by atoms with van der Waals surface area (Å²) in [6.07, 6.45) is 0.797. The van der Waals surface area contributed by atoms with Crippen molar-refractivity contribution in [1.29, 1.82) is 0 Å². The van der Waals surface area contributed by atoms with Crippen molar-refractivity contribution >= 4 is 5.91 Å². The molecule has 0 aliphatic carbocycles. The first-order valence-corrected chi connectivity index (χ1v) is 8.17. The predicted molar refractivity (Wildman–Crippen MR) is 86.4 cm³/mol. The Balaban J connectivity index is 1.58. The van der Waals surface area contributed by atoms with Crippen LogP contribution in [0.1, 0.15) is 28.9 Å². The number of piperidine rings is 1. The summed E-state index contributed by atoms with van der Waals surface area (Å²) in [5, 5.41) is 0. The molecule has 1 amide bonds. The molecule has 0 radical (unpaired) electrons. The van der Waals surface area contributed by atoms with Gasteiger partial charge in [-0.2, -0.15) is 13.2 Å². The SMILES string of the molecule is O=C(c1ccc(C(F)(F)F)nc1)N1CCC(Cn2cnccc2=O)CC1. The van der Waals surface area contributed by atoms with Gasteiger partial charge < -0.3 is 4.90 Å². The number of hydrogen-bond donors (Lipinski definition) is 0. The van der Waals surface area contributed by atoms with Crippen LogP contribution >= 0.6 is 0 Å². The van der Waals surface area contributed by atoms with Gasteiger partial charge in [0.15, 0.2) is 0 Å². The van der Waals surface area contributed by atoms with Crippen LogP contribution in [0.5, 0.6) is 0 Å². The molecule has 6 nitrogen and oxygen atoms in total. The Morgan fingerprint density at radius 3 is 2.50 bits per heavy atom. The molecule has 1 aliphatic heterocycles. The fourth-order valence-corrected chi connectivity index (χ4v) is 2.98. The monoisotopic (exact) mass is 366 g/mol. The molecule has 2 aromatic heterocycles. The average molecular weight is 366 g/mol. The first-order chi connectivity index (χ1) is 12.3. The molecule has 1 aliphatic rings. The van der Waals surface area contributed by atoms with Crippen molar-refractivity contribution in [3.05, 3.63) is 58.5 Å². The molecular weight excluding hydrogens is 349 g/mol. The van der Waals surface area contributed by atoms with Gasteiger partial charge in [-0.1, -0.05) is 0 Å². The maximum absolute atomic E-state index is 12.5. The molecule has 1 fully saturated rings. The van der Waals surface area contributed by atoms with Gasteiger partial charge in [0.1, 0.15) is 5.69 Å². The maximum atomic E-state index is 12.5. The molecule has 0 unspecified atom stereocenters. The van der Waals surface area contributed by atoms with E-state index in [2.05, 4.69) is 9.97 Å². The number of carbonyl (C=O) groups is 1. The van der Waals surface area contributed by atoms with Crippen molar-refractivity contribution in [2.75, 3.05) is 13.1 Å². The number of amides is 1. The van der Waals surface area contributed by atoms with Crippen LogP contribution in [0.4, 0.5) is 13.2 Å². The van der Waals surface area contributed by atoms with E-state index in [0.717, 1.165) is 18.3 Å². The molecule has 9 heteroatoms. The molecule has 0 atom stereocenters. The minimum Gasteiger partial charge on any atom is -0.339 e. The average Bonchev–Trinajstić information content (AvgIpc) is 2.63. The molecule has 0 spiro atoms. The lowest BCUT2D eigenvalue weighted by Crippen LogP contribution is -2.40. The zero-order chi connectivity index (χ0) is 18.7. The second-order valence-electron chi connectivity index (χ2n) is 6.24. The zero-order valence-corrected chi connectivity index (χ0v) is 13.8. The Labute approximate surface area is 147 Å². The van der Waals surface area contributed by atoms with Crippen molar-refractivity contribution in [3.63, 3.8) is 0 Å². The molecule has 0 N–H and O–H groups in total. The van der Waals surface area contributed by atoms with Gasteiger partial charge in [-0.25, -0.2) is 4.98 Å². The van der Waals surface area contributed by atoms with Crippen molar-refractivity contribution in [2.24, 2.45) is 5.92 Å². The van der Waals surface area contributed by atoms with E-state index in [4.69, 9.17) is 0 Å². The Kier molecular flexibility index (Phi) is 5.06. The van der Waals surface area contributed by atoms with Crippen molar-refractivity contribution < 1.29 is 18.0 Å². The van der Waals surface area contributed by atoms with E-state index in [1.54, 1.807) is 9.47 Å². The van der Waals surface area contributed by atoms with Crippen LogP contribution in [-0.2, 0) is 12.7 Å². The van der Waals surface area contributed by atoms with E-state index in [-0.39, 0.29) is 22.9 Å². The van der Waals surface area contributed by atoms with Crippen LogP contribution in [0.15, 0.2) is 41.7 Å². The molecule has 0 bridgehead atoms. The van der Waals surface area contributed by atoms with Gasteiger partial charge in [-0.3, -0.25) is 19.1 Å². The number of hydrogen-bond acceptors (Lipinski definition) is 4. The molecule has 1 saturated heterocycles. The number of alkyl halides is 3. The summed E-state index contributed by atoms with van der Waals surface area (Å²) in [4.78, 5) is 33.0. The zero-order valence-electron chi connectivity index (χ0n) is 13.8. The fourth-order valence-electron chi connectivity index (χ4n) is 2.98. The quantitative estimate of drug-likeness (QED) is 0.835. The van der Waals surface area contributed by atoms with Crippen LogP contribution in [0.3, 0.4) is 0 Å². The molecule has 2 aromatic rings. The van der Waals surface area contributed by atoms with Gasteiger partial charge in [-0.05, 0) is 30.9 Å². The van der Waals surface area contributed by atoms with Gasteiger partial charge in [0.2, 0.25) is 0 Å². The Bertz CT molecular complexity index is 825. The molecule has 26 heavy (non-hydrogen) atoms. The number of pyridine rings is 1. The van der Waals surface area contributed by atoms with Crippen molar-refractivity contribution in [1.82, 2.24) is 19.4 Å². The highest BCUT2D eigenvalue weighted by Gasteiger charge is 2.32. The number of aromatic nitrogens is 3. The van der Waals surface area contributed by atoms with Crippen LogP contribution in [0, 0.1) is 5.92 Å². The highest BCUT2D eigenvalue weighted by molar-refractivity contribution is 5.94. The van der Waals surface area contributed by atoms with Crippen molar-refractivity contribution in [2.45, 2.75) is 25.6 Å². The normalized spacial score (nSPS) is 15.9. The second-order valence-corrected chi connectivity index (χ2v) is 6.24. The minimum absolute atomic E-state index is 0.116. The third kappa shape index (κ3) is 4.09. The molecule has 0 saturated carbocycles. The van der Waals surface area contributed by atoms with Gasteiger partial charge in [0.05, 0.1) is 11.9 Å². The summed E-state index contributed by atoms with van der Waals surface area (Å²) >= 11 is 0. The summed E-state index contributed by atoms with van der Waals surface area (Å²) in [6.45, 7) is 1.51. The van der Waals surface area contributed by atoms with Crippen LogP contribution in [0.25, 0.3) is 0 Å². The summed E-state index contributed by atoms with van der Waals surface area (Å²) in [5.74, 6) is -0.0881. The first kappa shape index (κ1) is 18.1. The van der Waals surface area contributed by atoms with Gasteiger partial charge in [-0.15, -0.1) is 0 Å². The fraction of sp³-hybridized carbons (Fsp3) is 0.412. The van der Waals surface area contributed by atoms with E-state index in [1.807, 2.05) is 0 Å². The summed E-state index contributed by atoms with van der Waals surface area (Å²) in [7, 11) is 0. The van der Waals surface area contributed by atoms with Gasteiger partial charge in [0.25, 0.3) is 11.5 Å². The van der Waals surface area contributed by atoms with E-state index < -0.39 is 11.9 Å². The van der Waals surface area contributed by atoms with Gasteiger partial charge in [0, 0.05) is 38.1 Å². The third-order valence-electron chi connectivity index (χ3n) is 4.45. The standard InChI is InChI=1S/C17H17F3N4O2/c18-17(19,20)14-2-1-13(9-22-14)16(26)23-7-4-12(5-8-23)10-24-11-21-6-3-15(24)25/h1-3,6,9,11-12H,4-5,7-8,10H2. The summed E-state index contributed by atoms with van der Waals surface area (Å²) in [5.41, 5.74) is -0.996. The van der Waals surface area contributed by atoms with E-state index in [1.165, 1.54) is 18.6 Å². The van der Waals surface area contributed by atoms with E-state index in [0.29, 0.717) is 32.5 Å². The molecule has 3 heterocycles. The van der Waals surface area contributed by atoms with Crippen LogP contribution < -0.4 is 5.56 Å². The Morgan fingerprint density at radius 2 is 1.92 bits per heavy atom. The molecule has 138 valence electrons. The van der Waals surface area contributed by atoms with E-state index in [9.17, 15) is 22.8 Å². The highest BCUT2D eigenvalue weighted by atomic mass is 19.4.